The third-order valence-corrected chi connectivity index (χ3v) is 3.58. The zero-order valence-corrected chi connectivity index (χ0v) is 13.5. The summed E-state index contributed by atoms with van der Waals surface area (Å²) in [6.07, 6.45) is 3.28. The lowest BCUT2D eigenvalue weighted by Crippen LogP contribution is -2.26. The zero-order chi connectivity index (χ0) is 15.2. The van der Waals surface area contributed by atoms with Crippen molar-refractivity contribution in [3.8, 4) is 0 Å². The van der Waals surface area contributed by atoms with Gasteiger partial charge in [-0.3, -0.25) is 9.67 Å². The third-order valence-electron chi connectivity index (χ3n) is 3.07. The standard InChI is InChI=1S/C14H18Cl2N4O/c1-3-17-13(12-5-4-10(15)8-18-12)14-11(16)9-19-20(14)6-7-21-2/h4-5,8-9,13,17H,3,6-7H2,1-2H3. The van der Waals surface area contributed by atoms with Gasteiger partial charge in [0.1, 0.15) is 0 Å². The second-order valence-corrected chi connectivity index (χ2v) is 5.33. The van der Waals surface area contributed by atoms with Crippen molar-refractivity contribution in [3.05, 3.63) is 46.0 Å². The predicted molar refractivity (Wildman–Crippen MR) is 83.9 cm³/mol. The van der Waals surface area contributed by atoms with Crippen LogP contribution in [0.5, 0.6) is 0 Å². The maximum absolute atomic E-state index is 6.32. The SMILES string of the molecule is CCNC(c1ccc(Cl)cn1)c1c(Cl)cnn1CCOC. The quantitative estimate of drug-likeness (QED) is 0.849. The van der Waals surface area contributed by atoms with Crippen molar-refractivity contribution in [3.63, 3.8) is 0 Å². The lowest BCUT2D eigenvalue weighted by Gasteiger charge is -2.19. The van der Waals surface area contributed by atoms with Gasteiger partial charge in [0.05, 0.1) is 46.8 Å². The van der Waals surface area contributed by atoms with E-state index in [0.29, 0.717) is 23.2 Å². The molecule has 0 bridgehead atoms. The summed E-state index contributed by atoms with van der Waals surface area (Å²) < 4.78 is 6.96. The van der Waals surface area contributed by atoms with Crippen LogP contribution in [0.1, 0.15) is 24.4 Å². The molecule has 2 aromatic heterocycles. The Bertz CT molecular complexity index is 571. The number of aromatic nitrogens is 3. The van der Waals surface area contributed by atoms with Crippen LogP contribution in [-0.2, 0) is 11.3 Å². The molecule has 0 saturated carbocycles. The van der Waals surface area contributed by atoms with E-state index in [1.807, 2.05) is 23.7 Å². The molecule has 1 N–H and O–H groups in total. The summed E-state index contributed by atoms with van der Waals surface area (Å²) in [7, 11) is 1.66. The molecule has 0 spiro atoms. The van der Waals surface area contributed by atoms with Crippen molar-refractivity contribution in [2.24, 2.45) is 0 Å². The Morgan fingerprint density at radius 3 is 2.76 bits per heavy atom. The van der Waals surface area contributed by atoms with Crippen molar-refractivity contribution in [1.82, 2.24) is 20.1 Å². The molecule has 0 aliphatic heterocycles. The Kier molecular flexibility index (Phi) is 5.99. The summed E-state index contributed by atoms with van der Waals surface area (Å²) in [4.78, 5) is 4.39. The van der Waals surface area contributed by atoms with Crippen LogP contribution in [0.15, 0.2) is 24.5 Å². The van der Waals surface area contributed by atoms with Crippen LogP contribution in [0.2, 0.25) is 10.0 Å². The first-order valence-electron chi connectivity index (χ1n) is 6.72. The van der Waals surface area contributed by atoms with E-state index >= 15 is 0 Å². The number of methoxy groups -OCH3 is 1. The fourth-order valence-corrected chi connectivity index (χ4v) is 2.48. The first-order chi connectivity index (χ1) is 10.2. The van der Waals surface area contributed by atoms with Crippen LogP contribution in [0.4, 0.5) is 0 Å². The number of nitrogens with one attached hydrogen (secondary N) is 1. The smallest absolute Gasteiger partial charge is 0.0937 e. The Hall–Kier alpha value is -1.14. The Labute approximate surface area is 134 Å². The summed E-state index contributed by atoms with van der Waals surface area (Å²) in [6, 6.07) is 3.57. The van der Waals surface area contributed by atoms with Gasteiger partial charge < -0.3 is 10.1 Å². The van der Waals surface area contributed by atoms with E-state index in [-0.39, 0.29) is 6.04 Å². The van der Waals surface area contributed by atoms with Gasteiger partial charge in [0.15, 0.2) is 0 Å². The van der Waals surface area contributed by atoms with E-state index < -0.39 is 0 Å². The van der Waals surface area contributed by atoms with Crippen molar-refractivity contribution in [2.75, 3.05) is 20.3 Å². The Balaban J connectivity index is 2.37. The molecule has 0 radical (unpaired) electrons. The maximum Gasteiger partial charge on any atom is 0.0937 e. The number of ether oxygens (including phenoxy) is 1. The summed E-state index contributed by atoms with van der Waals surface area (Å²) >= 11 is 12.2. The van der Waals surface area contributed by atoms with Crippen molar-refractivity contribution < 1.29 is 4.74 Å². The molecule has 0 aliphatic rings. The van der Waals surface area contributed by atoms with Gasteiger partial charge in [0.2, 0.25) is 0 Å². The van der Waals surface area contributed by atoms with Crippen LogP contribution in [-0.4, -0.2) is 35.0 Å². The minimum Gasteiger partial charge on any atom is -0.383 e. The van der Waals surface area contributed by atoms with Crippen molar-refractivity contribution >= 4 is 23.2 Å². The molecule has 21 heavy (non-hydrogen) atoms. The number of hydrogen-bond acceptors (Lipinski definition) is 4. The summed E-state index contributed by atoms with van der Waals surface area (Å²) in [5.74, 6) is 0. The number of halogens is 2. The van der Waals surface area contributed by atoms with Crippen molar-refractivity contribution in [2.45, 2.75) is 19.5 Å². The fraction of sp³-hybridized carbons (Fsp3) is 0.429. The highest BCUT2D eigenvalue weighted by atomic mass is 35.5. The molecule has 2 aromatic rings. The number of hydrogen-bond donors (Lipinski definition) is 1. The summed E-state index contributed by atoms with van der Waals surface area (Å²) in [5, 5.41) is 8.91. The van der Waals surface area contributed by atoms with E-state index in [4.69, 9.17) is 27.9 Å². The molecule has 114 valence electrons. The highest BCUT2D eigenvalue weighted by Gasteiger charge is 2.22. The van der Waals surface area contributed by atoms with Crippen LogP contribution in [0.25, 0.3) is 0 Å². The second-order valence-electron chi connectivity index (χ2n) is 4.49. The average Bonchev–Trinajstić information content (AvgIpc) is 2.84. The average molecular weight is 329 g/mol. The lowest BCUT2D eigenvalue weighted by molar-refractivity contribution is 0.182. The number of nitrogens with zero attached hydrogens (tertiary/aromatic N) is 3. The highest BCUT2D eigenvalue weighted by Crippen LogP contribution is 2.27. The van der Waals surface area contributed by atoms with Crippen LogP contribution >= 0.6 is 23.2 Å². The minimum atomic E-state index is -0.140. The molecule has 0 amide bonds. The van der Waals surface area contributed by atoms with Crippen molar-refractivity contribution in [1.29, 1.82) is 0 Å². The molecule has 1 unspecified atom stereocenters. The molecule has 0 fully saturated rings. The van der Waals surface area contributed by atoms with Gasteiger partial charge in [0, 0.05) is 13.3 Å². The predicted octanol–water partition coefficient (Wildman–Crippen LogP) is 2.93. The Morgan fingerprint density at radius 1 is 1.33 bits per heavy atom. The van der Waals surface area contributed by atoms with Crippen LogP contribution in [0.3, 0.4) is 0 Å². The van der Waals surface area contributed by atoms with Crippen LogP contribution in [0, 0.1) is 0 Å². The lowest BCUT2D eigenvalue weighted by atomic mass is 10.1. The Morgan fingerprint density at radius 2 is 2.14 bits per heavy atom. The van der Waals surface area contributed by atoms with E-state index in [2.05, 4.69) is 15.4 Å². The van der Waals surface area contributed by atoms with Gasteiger partial charge in [-0.2, -0.15) is 5.10 Å². The first-order valence-corrected chi connectivity index (χ1v) is 7.48. The van der Waals surface area contributed by atoms with Gasteiger partial charge in [-0.15, -0.1) is 0 Å². The molecule has 7 heteroatoms. The normalized spacial score (nSPS) is 12.6. The summed E-state index contributed by atoms with van der Waals surface area (Å²) in [6.45, 7) is 4.01. The van der Waals surface area contributed by atoms with Gasteiger partial charge in [0.25, 0.3) is 0 Å². The highest BCUT2D eigenvalue weighted by molar-refractivity contribution is 6.31. The first kappa shape index (κ1) is 16.2. The molecule has 5 nitrogen and oxygen atoms in total. The van der Waals surface area contributed by atoms with Gasteiger partial charge in [-0.25, -0.2) is 0 Å². The zero-order valence-electron chi connectivity index (χ0n) is 12.0. The molecule has 2 rings (SSSR count). The van der Waals surface area contributed by atoms with Gasteiger partial charge in [-0.05, 0) is 18.7 Å². The van der Waals surface area contributed by atoms with Gasteiger partial charge in [-0.1, -0.05) is 30.1 Å². The molecule has 0 aromatic carbocycles. The van der Waals surface area contributed by atoms with E-state index in [1.54, 1.807) is 19.5 Å². The largest absolute Gasteiger partial charge is 0.383 e. The molecule has 0 aliphatic carbocycles. The fourth-order valence-electron chi connectivity index (χ4n) is 2.12. The molecule has 0 saturated heterocycles. The second kappa shape index (κ2) is 7.75. The van der Waals surface area contributed by atoms with E-state index in [9.17, 15) is 0 Å². The van der Waals surface area contributed by atoms with Crippen LogP contribution < -0.4 is 5.32 Å². The maximum atomic E-state index is 6.32. The third kappa shape index (κ3) is 3.95. The number of rotatable bonds is 7. The minimum absolute atomic E-state index is 0.140. The monoisotopic (exact) mass is 328 g/mol. The van der Waals surface area contributed by atoms with E-state index in [1.165, 1.54) is 0 Å². The summed E-state index contributed by atoms with van der Waals surface area (Å²) in [5.41, 5.74) is 1.73. The molecule has 2 heterocycles. The topological polar surface area (TPSA) is 52.0 Å². The number of pyridine rings is 1. The van der Waals surface area contributed by atoms with Gasteiger partial charge >= 0.3 is 0 Å². The van der Waals surface area contributed by atoms with E-state index in [0.717, 1.165) is 17.9 Å². The molecule has 1 atom stereocenters. The molecular formula is C14H18Cl2N4O. The molecular weight excluding hydrogens is 311 g/mol.